The third-order valence-electron chi connectivity index (χ3n) is 3.57. The molecule has 5 heteroatoms. The first-order chi connectivity index (χ1) is 9.08. The van der Waals surface area contributed by atoms with Gasteiger partial charge in [-0.1, -0.05) is 19.3 Å². The van der Waals surface area contributed by atoms with Crippen LogP contribution in [-0.4, -0.2) is 18.0 Å². The molecule has 0 saturated heterocycles. The molecule has 104 valence electrons. The Morgan fingerprint density at radius 1 is 1.16 bits per heavy atom. The summed E-state index contributed by atoms with van der Waals surface area (Å²) in [6, 6.07) is 2.97. The van der Waals surface area contributed by atoms with Crippen molar-refractivity contribution >= 4 is 5.91 Å². The Labute approximate surface area is 111 Å². The normalized spacial score (nSPS) is 23.7. The van der Waals surface area contributed by atoms with Crippen molar-refractivity contribution in [3.05, 3.63) is 35.4 Å². The molecule has 0 aromatic heterocycles. The minimum atomic E-state index is -1.02. The number of rotatable bonds is 2. The van der Waals surface area contributed by atoms with Crippen molar-refractivity contribution in [3.8, 4) is 0 Å². The van der Waals surface area contributed by atoms with Crippen LogP contribution in [0.1, 0.15) is 42.5 Å². The first-order valence-corrected chi connectivity index (χ1v) is 6.59. The van der Waals surface area contributed by atoms with Gasteiger partial charge in [-0.25, -0.2) is 8.78 Å². The average molecular weight is 268 g/mol. The minimum Gasteiger partial charge on any atom is -0.348 e. The summed E-state index contributed by atoms with van der Waals surface area (Å²) in [5.41, 5.74) is 6.13. The lowest BCUT2D eigenvalue weighted by atomic mass is 10.0. The van der Waals surface area contributed by atoms with E-state index in [0.29, 0.717) is 0 Å². The lowest BCUT2D eigenvalue weighted by Gasteiger charge is -2.22. The summed E-state index contributed by atoms with van der Waals surface area (Å²) in [6.45, 7) is 0. The maximum Gasteiger partial charge on any atom is 0.251 e. The Morgan fingerprint density at radius 3 is 2.63 bits per heavy atom. The van der Waals surface area contributed by atoms with Gasteiger partial charge >= 0.3 is 0 Å². The Bertz CT molecular complexity index is 465. The van der Waals surface area contributed by atoms with Crippen LogP contribution in [0.25, 0.3) is 0 Å². The Morgan fingerprint density at radius 2 is 1.89 bits per heavy atom. The molecule has 1 saturated carbocycles. The molecule has 2 rings (SSSR count). The number of hydrogen-bond donors (Lipinski definition) is 2. The largest absolute Gasteiger partial charge is 0.348 e. The lowest BCUT2D eigenvalue weighted by molar-refractivity contribution is 0.0928. The fourth-order valence-corrected chi connectivity index (χ4v) is 2.40. The second-order valence-corrected chi connectivity index (χ2v) is 5.01. The molecule has 1 aliphatic rings. The zero-order valence-corrected chi connectivity index (χ0v) is 10.7. The lowest BCUT2D eigenvalue weighted by Crippen LogP contribution is -2.46. The molecule has 19 heavy (non-hydrogen) atoms. The van der Waals surface area contributed by atoms with E-state index in [0.717, 1.165) is 44.2 Å². The van der Waals surface area contributed by atoms with Gasteiger partial charge in [0, 0.05) is 17.6 Å². The first-order valence-electron chi connectivity index (χ1n) is 6.59. The van der Waals surface area contributed by atoms with E-state index in [4.69, 9.17) is 5.73 Å². The van der Waals surface area contributed by atoms with Gasteiger partial charge in [-0.2, -0.15) is 0 Å². The van der Waals surface area contributed by atoms with Gasteiger partial charge in [0.15, 0.2) is 11.6 Å². The Hall–Kier alpha value is -1.49. The molecule has 1 fully saturated rings. The molecule has 3 nitrogen and oxygen atoms in total. The molecule has 3 N–H and O–H groups in total. The predicted molar refractivity (Wildman–Crippen MR) is 68.7 cm³/mol. The minimum absolute atomic E-state index is 0.0725. The molecular formula is C14H18F2N2O. The van der Waals surface area contributed by atoms with Crippen LogP contribution in [0.5, 0.6) is 0 Å². The second kappa shape index (κ2) is 6.10. The first kappa shape index (κ1) is 13.9. The highest BCUT2D eigenvalue weighted by Crippen LogP contribution is 2.17. The van der Waals surface area contributed by atoms with E-state index < -0.39 is 17.5 Å². The van der Waals surface area contributed by atoms with E-state index in [9.17, 15) is 13.6 Å². The van der Waals surface area contributed by atoms with Crippen molar-refractivity contribution in [2.75, 3.05) is 0 Å². The summed E-state index contributed by atoms with van der Waals surface area (Å²) < 4.78 is 25.9. The van der Waals surface area contributed by atoms with E-state index in [1.165, 1.54) is 6.07 Å². The van der Waals surface area contributed by atoms with E-state index in [2.05, 4.69) is 5.32 Å². The molecular weight excluding hydrogens is 250 g/mol. The molecule has 1 aromatic carbocycles. The zero-order valence-electron chi connectivity index (χ0n) is 10.7. The third kappa shape index (κ3) is 3.50. The summed E-state index contributed by atoms with van der Waals surface area (Å²) in [6.07, 6.45) is 4.92. The highest BCUT2D eigenvalue weighted by Gasteiger charge is 2.22. The number of carbonyl (C=O) groups excluding carboxylic acids is 1. The second-order valence-electron chi connectivity index (χ2n) is 5.01. The third-order valence-corrected chi connectivity index (χ3v) is 3.57. The Kier molecular flexibility index (Phi) is 4.47. The van der Waals surface area contributed by atoms with E-state index in [1.807, 2.05) is 0 Å². The van der Waals surface area contributed by atoms with Crippen LogP contribution < -0.4 is 11.1 Å². The molecule has 0 aliphatic heterocycles. The molecule has 2 unspecified atom stereocenters. The molecule has 1 amide bonds. The number of amides is 1. The summed E-state index contributed by atoms with van der Waals surface area (Å²) in [4.78, 5) is 12.0. The molecule has 0 radical (unpaired) electrons. The van der Waals surface area contributed by atoms with Crippen LogP contribution >= 0.6 is 0 Å². The van der Waals surface area contributed by atoms with Gasteiger partial charge in [0.1, 0.15) is 0 Å². The number of nitrogens with two attached hydrogens (primary N) is 1. The highest BCUT2D eigenvalue weighted by atomic mass is 19.2. The van der Waals surface area contributed by atoms with Crippen molar-refractivity contribution in [2.45, 2.75) is 44.2 Å². The fourth-order valence-electron chi connectivity index (χ4n) is 2.40. The number of carbonyl (C=O) groups is 1. The maximum atomic E-state index is 13.1. The van der Waals surface area contributed by atoms with Crippen LogP contribution in [0.3, 0.4) is 0 Å². The highest BCUT2D eigenvalue weighted by molar-refractivity contribution is 5.94. The average Bonchev–Trinajstić information content (AvgIpc) is 2.58. The van der Waals surface area contributed by atoms with Gasteiger partial charge in [0.25, 0.3) is 5.91 Å². The van der Waals surface area contributed by atoms with Crippen molar-refractivity contribution in [1.29, 1.82) is 0 Å². The SMILES string of the molecule is NC1CCCCCC1NC(=O)c1ccc(F)c(F)c1. The van der Waals surface area contributed by atoms with E-state index >= 15 is 0 Å². The van der Waals surface area contributed by atoms with Crippen molar-refractivity contribution < 1.29 is 13.6 Å². The zero-order chi connectivity index (χ0) is 13.8. The Balaban J connectivity index is 2.05. The van der Waals surface area contributed by atoms with E-state index in [-0.39, 0.29) is 17.6 Å². The van der Waals surface area contributed by atoms with Gasteiger partial charge in [-0.05, 0) is 31.0 Å². The summed E-state index contributed by atoms with van der Waals surface area (Å²) >= 11 is 0. The molecule has 0 bridgehead atoms. The van der Waals surface area contributed by atoms with Gasteiger partial charge in [-0.3, -0.25) is 4.79 Å². The number of halogens is 2. The summed E-state index contributed by atoms with van der Waals surface area (Å²) in [7, 11) is 0. The molecule has 1 aliphatic carbocycles. The molecule has 2 atom stereocenters. The van der Waals surface area contributed by atoms with Crippen molar-refractivity contribution in [2.24, 2.45) is 5.73 Å². The van der Waals surface area contributed by atoms with E-state index in [1.54, 1.807) is 0 Å². The molecule has 0 spiro atoms. The smallest absolute Gasteiger partial charge is 0.251 e. The van der Waals surface area contributed by atoms with Gasteiger partial charge in [0.2, 0.25) is 0 Å². The fraction of sp³-hybridized carbons (Fsp3) is 0.500. The summed E-state index contributed by atoms with van der Waals surface area (Å²) in [5, 5.41) is 2.82. The maximum absolute atomic E-state index is 13.1. The van der Waals surface area contributed by atoms with Crippen LogP contribution in [0, 0.1) is 11.6 Å². The van der Waals surface area contributed by atoms with Gasteiger partial charge in [-0.15, -0.1) is 0 Å². The standard InChI is InChI=1S/C14H18F2N2O/c15-10-7-6-9(8-11(10)16)14(19)18-13-5-3-1-2-4-12(13)17/h6-8,12-13H,1-5,17H2,(H,18,19). The summed E-state index contributed by atoms with van der Waals surface area (Å²) in [5.74, 6) is -2.37. The number of hydrogen-bond acceptors (Lipinski definition) is 2. The van der Waals surface area contributed by atoms with Crippen LogP contribution in [-0.2, 0) is 0 Å². The topological polar surface area (TPSA) is 55.1 Å². The molecule has 0 heterocycles. The predicted octanol–water partition coefficient (Wildman–Crippen LogP) is 2.35. The van der Waals surface area contributed by atoms with Crippen LogP contribution in [0.4, 0.5) is 8.78 Å². The van der Waals surface area contributed by atoms with Gasteiger partial charge in [0.05, 0.1) is 0 Å². The van der Waals surface area contributed by atoms with Crippen LogP contribution in [0.15, 0.2) is 18.2 Å². The number of nitrogens with one attached hydrogen (secondary N) is 1. The van der Waals surface area contributed by atoms with Crippen molar-refractivity contribution in [1.82, 2.24) is 5.32 Å². The molecule has 1 aromatic rings. The van der Waals surface area contributed by atoms with Gasteiger partial charge < -0.3 is 11.1 Å². The van der Waals surface area contributed by atoms with Crippen LogP contribution in [0.2, 0.25) is 0 Å². The quantitative estimate of drug-likeness (QED) is 0.809. The monoisotopic (exact) mass is 268 g/mol. The number of benzene rings is 1. The van der Waals surface area contributed by atoms with Crippen molar-refractivity contribution in [3.63, 3.8) is 0 Å².